The van der Waals surface area contributed by atoms with Crippen LogP contribution in [0.4, 0.5) is 0 Å². The predicted molar refractivity (Wildman–Crippen MR) is 65.9 cm³/mol. The van der Waals surface area contributed by atoms with Crippen molar-refractivity contribution in [2.75, 3.05) is 13.2 Å². The summed E-state index contributed by atoms with van der Waals surface area (Å²) in [6, 6.07) is 5.61. The molecule has 1 aromatic carbocycles. The summed E-state index contributed by atoms with van der Waals surface area (Å²) in [6.45, 7) is 4.73. The van der Waals surface area contributed by atoms with Crippen molar-refractivity contribution in [3.05, 3.63) is 29.3 Å². The van der Waals surface area contributed by atoms with E-state index in [9.17, 15) is 9.90 Å². The highest BCUT2D eigenvalue weighted by Crippen LogP contribution is 2.20. The minimum atomic E-state index is -0.0574. The lowest BCUT2D eigenvalue weighted by molar-refractivity contribution is -0.121. The number of hydrogen-bond donors (Lipinski definition) is 2. The minimum Gasteiger partial charge on any atom is -0.493 e. The van der Waals surface area contributed by atoms with Crippen molar-refractivity contribution < 1.29 is 14.6 Å². The molecule has 1 aromatic rings. The molecule has 0 atom stereocenters. The van der Waals surface area contributed by atoms with Crippen LogP contribution in [-0.4, -0.2) is 24.2 Å². The van der Waals surface area contributed by atoms with Crippen molar-refractivity contribution in [3.63, 3.8) is 0 Å². The Bertz CT molecular complexity index is 377. The maximum absolute atomic E-state index is 11.2. The molecule has 1 rings (SSSR count). The van der Waals surface area contributed by atoms with Gasteiger partial charge in [0.15, 0.2) is 0 Å². The molecule has 17 heavy (non-hydrogen) atoms. The maximum atomic E-state index is 11.2. The molecule has 0 heterocycles. The van der Waals surface area contributed by atoms with E-state index in [1.165, 1.54) is 0 Å². The fourth-order valence-electron chi connectivity index (χ4n) is 1.51. The first kappa shape index (κ1) is 13.5. The molecule has 4 heteroatoms. The summed E-state index contributed by atoms with van der Waals surface area (Å²) in [5.41, 5.74) is 1.83. The van der Waals surface area contributed by atoms with E-state index in [0.717, 1.165) is 11.1 Å². The molecular weight excluding hydrogens is 218 g/mol. The van der Waals surface area contributed by atoms with Crippen molar-refractivity contribution in [1.29, 1.82) is 0 Å². The lowest BCUT2D eigenvalue weighted by Crippen LogP contribution is -2.24. The number of carbonyl (C=O) groups is 1. The minimum absolute atomic E-state index is 0.0230. The zero-order valence-electron chi connectivity index (χ0n) is 10.3. The zero-order chi connectivity index (χ0) is 12.7. The third-order valence-corrected chi connectivity index (χ3v) is 2.35. The van der Waals surface area contributed by atoms with E-state index in [-0.39, 0.29) is 12.5 Å². The Kier molecular flexibility index (Phi) is 5.49. The Morgan fingerprint density at radius 3 is 2.88 bits per heavy atom. The topological polar surface area (TPSA) is 58.6 Å². The van der Waals surface area contributed by atoms with Crippen LogP contribution in [0.25, 0.3) is 0 Å². The fourth-order valence-corrected chi connectivity index (χ4v) is 1.51. The third-order valence-electron chi connectivity index (χ3n) is 2.35. The Labute approximate surface area is 102 Å². The molecule has 0 bridgehead atoms. The van der Waals surface area contributed by atoms with Gasteiger partial charge in [0.25, 0.3) is 0 Å². The number of rotatable bonds is 6. The van der Waals surface area contributed by atoms with Gasteiger partial charge in [-0.1, -0.05) is 17.7 Å². The first-order valence-electron chi connectivity index (χ1n) is 5.77. The lowest BCUT2D eigenvalue weighted by atomic mass is 10.1. The Morgan fingerprint density at radius 2 is 2.24 bits per heavy atom. The summed E-state index contributed by atoms with van der Waals surface area (Å²) < 4.78 is 5.48. The monoisotopic (exact) mass is 237 g/mol. The summed E-state index contributed by atoms with van der Waals surface area (Å²) in [4.78, 5) is 11.2. The number of amides is 1. The Morgan fingerprint density at radius 1 is 1.47 bits per heavy atom. The van der Waals surface area contributed by atoms with E-state index < -0.39 is 0 Å². The molecule has 2 N–H and O–H groups in total. The molecule has 0 saturated heterocycles. The van der Waals surface area contributed by atoms with Crippen LogP contribution in [0.15, 0.2) is 18.2 Å². The molecule has 94 valence electrons. The van der Waals surface area contributed by atoms with Crippen LogP contribution in [-0.2, 0) is 11.4 Å². The average Bonchev–Trinajstić information content (AvgIpc) is 2.31. The van der Waals surface area contributed by atoms with Crippen LogP contribution in [0.5, 0.6) is 5.75 Å². The number of ether oxygens (including phenoxy) is 1. The van der Waals surface area contributed by atoms with Gasteiger partial charge in [-0.25, -0.2) is 0 Å². The van der Waals surface area contributed by atoms with Crippen molar-refractivity contribution in [1.82, 2.24) is 5.32 Å². The smallest absolute Gasteiger partial charge is 0.223 e. The largest absolute Gasteiger partial charge is 0.493 e. The molecule has 1 amide bonds. The molecule has 4 nitrogen and oxygen atoms in total. The van der Waals surface area contributed by atoms with Crippen LogP contribution in [0.2, 0.25) is 0 Å². The van der Waals surface area contributed by atoms with E-state index in [1.54, 1.807) is 0 Å². The fraction of sp³-hybridized carbons (Fsp3) is 0.462. The SMILES string of the molecule is CCNC(=O)CCOc1ccc(C)cc1CO. The average molecular weight is 237 g/mol. The van der Waals surface area contributed by atoms with Gasteiger partial charge in [-0.2, -0.15) is 0 Å². The second-order valence-corrected chi connectivity index (χ2v) is 3.82. The van der Waals surface area contributed by atoms with Crippen LogP contribution in [0.1, 0.15) is 24.5 Å². The van der Waals surface area contributed by atoms with Gasteiger partial charge in [0, 0.05) is 12.1 Å². The highest BCUT2D eigenvalue weighted by atomic mass is 16.5. The second kappa shape index (κ2) is 6.91. The van der Waals surface area contributed by atoms with E-state index in [2.05, 4.69) is 5.32 Å². The first-order chi connectivity index (χ1) is 8.17. The highest BCUT2D eigenvalue weighted by Gasteiger charge is 2.04. The number of benzene rings is 1. The summed E-state index contributed by atoms with van der Waals surface area (Å²) in [5, 5.41) is 11.9. The molecule has 0 aliphatic heterocycles. The van der Waals surface area contributed by atoms with Gasteiger partial charge in [0.1, 0.15) is 5.75 Å². The third kappa shape index (κ3) is 4.44. The van der Waals surface area contributed by atoms with Gasteiger partial charge in [0.2, 0.25) is 5.91 Å². The molecule has 0 aromatic heterocycles. The number of nitrogens with one attached hydrogen (secondary N) is 1. The van der Waals surface area contributed by atoms with Crippen molar-refractivity contribution in [3.8, 4) is 5.75 Å². The van der Waals surface area contributed by atoms with Crippen LogP contribution < -0.4 is 10.1 Å². The van der Waals surface area contributed by atoms with Gasteiger partial charge in [0.05, 0.1) is 19.6 Å². The van der Waals surface area contributed by atoms with Gasteiger partial charge >= 0.3 is 0 Å². The quantitative estimate of drug-likeness (QED) is 0.786. The molecule has 0 aliphatic carbocycles. The van der Waals surface area contributed by atoms with Crippen LogP contribution in [0, 0.1) is 6.92 Å². The Hall–Kier alpha value is -1.55. The molecule has 0 aliphatic rings. The van der Waals surface area contributed by atoms with Gasteiger partial charge in [-0.05, 0) is 19.9 Å². The van der Waals surface area contributed by atoms with E-state index in [0.29, 0.717) is 25.3 Å². The van der Waals surface area contributed by atoms with E-state index >= 15 is 0 Å². The molecule has 0 fully saturated rings. The van der Waals surface area contributed by atoms with Crippen molar-refractivity contribution >= 4 is 5.91 Å². The second-order valence-electron chi connectivity index (χ2n) is 3.82. The standard InChI is InChI=1S/C13H19NO3/c1-3-14-13(16)6-7-17-12-5-4-10(2)8-11(12)9-15/h4-5,8,15H,3,6-7,9H2,1-2H3,(H,14,16). The highest BCUT2D eigenvalue weighted by molar-refractivity contribution is 5.75. The lowest BCUT2D eigenvalue weighted by Gasteiger charge is -2.10. The van der Waals surface area contributed by atoms with Gasteiger partial charge in [-0.15, -0.1) is 0 Å². The summed E-state index contributed by atoms with van der Waals surface area (Å²) >= 11 is 0. The first-order valence-corrected chi connectivity index (χ1v) is 5.77. The normalized spacial score (nSPS) is 10.1. The summed E-state index contributed by atoms with van der Waals surface area (Å²) in [7, 11) is 0. The summed E-state index contributed by atoms with van der Waals surface area (Å²) in [6.07, 6.45) is 0.326. The molecule has 0 spiro atoms. The summed E-state index contributed by atoms with van der Waals surface area (Å²) in [5.74, 6) is 0.618. The van der Waals surface area contributed by atoms with E-state index in [1.807, 2.05) is 32.0 Å². The zero-order valence-corrected chi connectivity index (χ0v) is 10.3. The van der Waals surface area contributed by atoms with Crippen LogP contribution in [0.3, 0.4) is 0 Å². The van der Waals surface area contributed by atoms with Crippen molar-refractivity contribution in [2.24, 2.45) is 0 Å². The van der Waals surface area contributed by atoms with E-state index in [4.69, 9.17) is 4.74 Å². The number of carbonyl (C=O) groups excluding carboxylic acids is 1. The maximum Gasteiger partial charge on any atom is 0.223 e. The Balaban J connectivity index is 2.49. The molecule has 0 radical (unpaired) electrons. The van der Waals surface area contributed by atoms with Crippen molar-refractivity contribution in [2.45, 2.75) is 26.9 Å². The predicted octanol–water partition coefficient (Wildman–Crippen LogP) is 1.39. The number of aliphatic hydroxyl groups is 1. The molecule has 0 unspecified atom stereocenters. The van der Waals surface area contributed by atoms with Gasteiger partial charge in [-0.3, -0.25) is 4.79 Å². The van der Waals surface area contributed by atoms with Crippen LogP contribution >= 0.6 is 0 Å². The number of aryl methyl sites for hydroxylation is 1. The number of aliphatic hydroxyl groups excluding tert-OH is 1. The molecule has 0 saturated carbocycles. The number of hydrogen-bond acceptors (Lipinski definition) is 3. The molecular formula is C13H19NO3. The van der Waals surface area contributed by atoms with Gasteiger partial charge < -0.3 is 15.2 Å².